The number of hydrogen-bond acceptors (Lipinski definition) is 6. The van der Waals surface area contributed by atoms with E-state index in [1.54, 1.807) is 6.07 Å². The average molecular weight is 326 g/mol. The molecule has 0 fully saturated rings. The van der Waals surface area contributed by atoms with Gasteiger partial charge in [0.15, 0.2) is 0 Å². The fraction of sp³-hybridized carbons (Fsp3) is 0.231. The van der Waals surface area contributed by atoms with Gasteiger partial charge in [0.2, 0.25) is 5.88 Å². The van der Waals surface area contributed by atoms with Crippen LogP contribution in [0.1, 0.15) is 6.92 Å². The first-order valence-electron chi connectivity index (χ1n) is 6.05. The largest absolute Gasteiger partial charge is 0.420 e. The third-order valence-electron chi connectivity index (χ3n) is 2.41. The maximum Gasteiger partial charge on any atom is 0.270 e. The summed E-state index contributed by atoms with van der Waals surface area (Å²) in [6.07, 6.45) is 1.94. The molecule has 7 heteroatoms. The van der Waals surface area contributed by atoms with E-state index in [9.17, 15) is 0 Å². The van der Waals surface area contributed by atoms with Crippen molar-refractivity contribution in [2.45, 2.75) is 11.9 Å². The van der Waals surface area contributed by atoms with Gasteiger partial charge in [0, 0.05) is 11.4 Å². The van der Waals surface area contributed by atoms with Crippen molar-refractivity contribution in [3.63, 3.8) is 0 Å². The lowest BCUT2D eigenvalue weighted by Gasteiger charge is -2.21. The Morgan fingerprint density at radius 2 is 1.90 bits per heavy atom. The fourth-order valence-corrected chi connectivity index (χ4v) is 4.29. The van der Waals surface area contributed by atoms with E-state index in [2.05, 4.69) is 10.2 Å². The molecule has 106 valence electrons. The van der Waals surface area contributed by atoms with Crippen LogP contribution in [0.3, 0.4) is 0 Å². The van der Waals surface area contributed by atoms with Crippen molar-refractivity contribution in [1.82, 2.24) is 10.2 Å². The number of rotatable bonds is 6. The molecular weight excluding hydrogens is 311 g/mol. The molecular formula is C13H15N2O2PS2. The van der Waals surface area contributed by atoms with Crippen LogP contribution in [-0.4, -0.2) is 23.1 Å². The Hall–Kier alpha value is -0.940. The molecule has 0 N–H and O–H groups in total. The van der Waals surface area contributed by atoms with Crippen LogP contribution in [0.2, 0.25) is 0 Å². The monoisotopic (exact) mass is 326 g/mol. The molecule has 1 aromatic carbocycles. The van der Waals surface area contributed by atoms with Crippen molar-refractivity contribution in [1.29, 1.82) is 0 Å². The third-order valence-corrected chi connectivity index (χ3v) is 6.17. The molecule has 1 heterocycles. The SMILES string of the molecule is CCOP(=S)(Oc1ccc(SC)nn1)c1ccccc1. The minimum absolute atomic E-state index is 0.392. The number of nitrogens with zero attached hydrogens (tertiary/aromatic N) is 2. The van der Waals surface area contributed by atoms with Gasteiger partial charge in [-0.15, -0.1) is 22.0 Å². The minimum atomic E-state index is -2.59. The lowest BCUT2D eigenvalue weighted by atomic mass is 10.4. The van der Waals surface area contributed by atoms with Crippen LogP contribution >= 0.6 is 18.3 Å². The number of benzene rings is 1. The lowest BCUT2D eigenvalue weighted by Crippen LogP contribution is -2.12. The Labute approximate surface area is 128 Å². The molecule has 20 heavy (non-hydrogen) atoms. The minimum Gasteiger partial charge on any atom is -0.420 e. The Kier molecular flexibility index (Phi) is 5.54. The van der Waals surface area contributed by atoms with Crippen molar-refractivity contribution in [2.24, 2.45) is 0 Å². The van der Waals surface area contributed by atoms with Crippen LogP contribution in [-0.2, 0) is 16.3 Å². The van der Waals surface area contributed by atoms with E-state index < -0.39 is 6.49 Å². The van der Waals surface area contributed by atoms with Gasteiger partial charge in [-0.05, 0) is 43.2 Å². The smallest absolute Gasteiger partial charge is 0.270 e. The highest BCUT2D eigenvalue weighted by Gasteiger charge is 2.23. The Bertz CT molecular complexity index is 593. The second-order valence-corrected chi connectivity index (χ2v) is 7.98. The van der Waals surface area contributed by atoms with E-state index in [4.69, 9.17) is 20.9 Å². The van der Waals surface area contributed by atoms with Gasteiger partial charge in [-0.3, -0.25) is 0 Å². The van der Waals surface area contributed by atoms with Gasteiger partial charge in [0.05, 0.1) is 6.61 Å². The topological polar surface area (TPSA) is 44.2 Å². The van der Waals surface area contributed by atoms with Gasteiger partial charge in [-0.1, -0.05) is 18.2 Å². The average Bonchev–Trinajstić information content (AvgIpc) is 2.49. The molecule has 0 radical (unpaired) electrons. The summed E-state index contributed by atoms with van der Waals surface area (Å²) < 4.78 is 11.6. The van der Waals surface area contributed by atoms with Crippen LogP contribution in [0.25, 0.3) is 0 Å². The van der Waals surface area contributed by atoms with E-state index in [0.717, 1.165) is 10.3 Å². The highest BCUT2D eigenvalue weighted by Crippen LogP contribution is 2.46. The van der Waals surface area contributed by atoms with Crippen LogP contribution in [0.4, 0.5) is 0 Å². The Morgan fingerprint density at radius 1 is 1.15 bits per heavy atom. The predicted molar refractivity (Wildman–Crippen MR) is 86.4 cm³/mol. The molecule has 0 aliphatic heterocycles. The summed E-state index contributed by atoms with van der Waals surface area (Å²) in [6.45, 7) is -0.206. The van der Waals surface area contributed by atoms with Crippen LogP contribution in [0.15, 0.2) is 47.5 Å². The first kappa shape index (κ1) is 15.4. The van der Waals surface area contributed by atoms with Crippen LogP contribution in [0, 0.1) is 0 Å². The van der Waals surface area contributed by atoms with E-state index >= 15 is 0 Å². The van der Waals surface area contributed by atoms with Crippen molar-refractivity contribution >= 4 is 35.4 Å². The molecule has 0 saturated heterocycles. The maximum absolute atomic E-state index is 5.85. The predicted octanol–water partition coefficient (Wildman–Crippen LogP) is 3.25. The van der Waals surface area contributed by atoms with Crippen LogP contribution in [0.5, 0.6) is 5.88 Å². The van der Waals surface area contributed by atoms with Crippen molar-refractivity contribution in [2.75, 3.05) is 12.9 Å². The molecule has 4 nitrogen and oxygen atoms in total. The third kappa shape index (κ3) is 3.79. The van der Waals surface area contributed by atoms with Gasteiger partial charge in [-0.25, -0.2) is 0 Å². The zero-order valence-electron chi connectivity index (χ0n) is 11.2. The van der Waals surface area contributed by atoms with Crippen molar-refractivity contribution in [3.05, 3.63) is 42.5 Å². The summed E-state index contributed by atoms with van der Waals surface area (Å²) in [6, 6.07) is 13.2. The maximum atomic E-state index is 5.85. The molecule has 2 aromatic rings. The number of thioether (sulfide) groups is 1. The van der Waals surface area contributed by atoms with Gasteiger partial charge in [0.1, 0.15) is 5.03 Å². The number of aromatic nitrogens is 2. The van der Waals surface area contributed by atoms with Gasteiger partial charge >= 0.3 is 0 Å². The van der Waals surface area contributed by atoms with Gasteiger partial charge in [0.25, 0.3) is 6.49 Å². The zero-order chi connectivity index (χ0) is 14.4. The molecule has 0 saturated carbocycles. The summed E-state index contributed by atoms with van der Waals surface area (Å²) >= 11 is 7.13. The van der Waals surface area contributed by atoms with E-state index in [1.807, 2.05) is 49.6 Å². The highest BCUT2D eigenvalue weighted by atomic mass is 32.5. The van der Waals surface area contributed by atoms with Gasteiger partial charge < -0.3 is 9.05 Å². The normalized spacial score (nSPS) is 13.7. The second kappa shape index (κ2) is 7.18. The Morgan fingerprint density at radius 3 is 2.45 bits per heavy atom. The first-order valence-corrected chi connectivity index (χ1v) is 9.92. The summed E-state index contributed by atoms with van der Waals surface area (Å²) in [5.74, 6) is 0.392. The standard InChI is InChI=1S/C13H15N2O2PS2/c1-3-16-18(19,11-7-5-4-6-8-11)17-12-9-10-13(20-2)15-14-12/h4-10H,3H2,1-2H3. The summed E-state index contributed by atoms with van der Waals surface area (Å²) in [5.41, 5.74) is 0. The molecule has 0 aliphatic carbocycles. The fourth-order valence-electron chi connectivity index (χ4n) is 1.52. The molecule has 2 rings (SSSR count). The molecule has 1 atom stereocenters. The number of hydrogen-bond donors (Lipinski definition) is 0. The molecule has 1 unspecified atom stereocenters. The Balaban J connectivity index is 2.27. The van der Waals surface area contributed by atoms with E-state index in [-0.39, 0.29) is 0 Å². The zero-order valence-corrected chi connectivity index (χ0v) is 13.8. The lowest BCUT2D eigenvalue weighted by molar-refractivity contribution is 0.335. The molecule has 0 spiro atoms. The van der Waals surface area contributed by atoms with Gasteiger partial charge in [-0.2, -0.15) is 0 Å². The summed E-state index contributed by atoms with van der Waals surface area (Å²) in [7, 11) is 0. The first-order chi connectivity index (χ1) is 9.68. The molecule has 0 aliphatic rings. The van der Waals surface area contributed by atoms with E-state index in [0.29, 0.717) is 12.5 Å². The van der Waals surface area contributed by atoms with E-state index in [1.165, 1.54) is 11.8 Å². The molecule has 0 bridgehead atoms. The molecule has 0 amide bonds. The summed E-state index contributed by atoms with van der Waals surface area (Å²) in [5, 5.41) is 9.77. The quantitative estimate of drug-likeness (QED) is 0.600. The van der Waals surface area contributed by atoms with Crippen LogP contribution < -0.4 is 9.83 Å². The second-order valence-electron chi connectivity index (χ2n) is 3.76. The highest BCUT2D eigenvalue weighted by molar-refractivity contribution is 8.13. The summed E-state index contributed by atoms with van der Waals surface area (Å²) in [4.78, 5) is 0. The van der Waals surface area contributed by atoms with Crippen molar-refractivity contribution < 1.29 is 9.05 Å². The van der Waals surface area contributed by atoms with Crippen molar-refractivity contribution in [3.8, 4) is 5.88 Å². The molecule has 1 aromatic heterocycles.